The first-order valence-electron chi connectivity index (χ1n) is 6.86. The SMILES string of the molecule is COc1ccccc1C(C)NC(=O)C1CCCNC1. The zero-order valence-electron chi connectivity index (χ0n) is 11.6. The lowest BCUT2D eigenvalue weighted by molar-refractivity contribution is -0.126. The van der Waals surface area contributed by atoms with Crippen molar-refractivity contribution in [3.05, 3.63) is 29.8 Å². The monoisotopic (exact) mass is 262 g/mol. The molecule has 0 bridgehead atoms. The largest absolute Gasteiger partial charge is 0.496 e. The molecule has 19 heavy (non-hydrogen) atoms. The van der Waals surface area contributed by atoms with Crippen LogP contribution in [0.4, 0.5) is 0 Å². The Morgan fingerprint density at radius 2 is 2.26 bits per heavy atom. The molecule has 1 aliphatic rings. The molecule has 1 heterocycles. The number of hydrogen-bond acceptors (Lipinski definition) is 3. The van der Waals surface area contributed by atoms with E-state index in [1.807, 2.05) is 31.2 Å². The van der Waals surface area contributed by atoms with Gasteiger partial charge in [0, 0.05) is 12.1 Å². The zero-order valence-corrected chi connectivity index (χ0v) is 11.6. The Hall–Kier alpha value is -1.55. The molecule has 1 aromatic carbocycles. The molecular weight excluding hydrogens is 240 g/mol. The van der Waals surface area contributed by atoms with E-state index >= 15 is 0 Å². The first-order valence-corrected chi connectivity index (χ1v) is 6.86. The Morgan fingerprint density at radius 1 is 1.47 bits per heavy atom. The van der Waals surface area contributed by atoms with Gasteiger partial charge in [0.05, 0.1) is 19.1 Å². The van der Waals surface area contributed by atoms with E-state index < -0.39 is 0 Å². The van der Waals surface area contributed by atoms with Crippen molar-refractivity contribution in [2.45, 2.75) is 25.8 Å². The van der Waals surface area contributed by atoms with Crippen molar-refractivity contribution < 1.29 is 9.53 Å². The van der Waals surface area contributed by atoms with Crippen LogP contribution < -0.4 is 15.4 Å². The molecule has 0 radical (unpaired) electrons. The fourth-order valence-electron chi connectivity index (χ4n) is 2.51. The average molecular weight is 262 g/mol. The van der Waals surface area contributed by atoms with E-state index in [0.29, 0.717) is 0 Å². The van der Waals surface area contributed by atoms with Crippen molar-refractivity contribution in [3.8, 4) is 5.75 Å². The van der Waals surface area contributed by atoms with Crippen LogP contribution in [0.25, 0.3) is 0 Å². The van der Waals surface area contributed by atoms with Gasteiger partial charge in [0.25, 0.3) is 0 Å². The second kappa shape index (κ2) is 6.57. The number of carbonyl (C=O) groups is 1. The van der Waals surface area contributed by atoms with E-state index in [1.54, 1.807) is 7.11 Å². The van der Waals surface area contributed by atoms with E-state index in [0.717, 1.165) is 37.2 Å². The molecule has 2 rings (SSSR count). The number of carbonyl (C=O) groups excluding carboxylic acids is 1. The molecule has 1 saturated heterocycles. The fourth-order valence-corrected chi connectivity index (χ4v) is 2.51. The molecule has 2 unspecified atom stereocenters. The van der Waals surface area contributed by atoms with Crippen LogP contribution in [0, 0.1) is 5.92 Å². The van der Waals surface area contributed by atoms with Gasteiger partial charge in [0.2, 0.25) is 5.91 Å². The topological polar surface area (TPSA) is 50.4 Å². The molecule has 1 amide bonds. The molecule has 4 heteroatoms. The van der Waals surface area contributed by atoms with Crippen molar-refractivity contribution in [3.63, 3.8) is 0 Å². The number of methoxy groups -OCH3 is 1. The minimum absolute atomic E-state index is 0.0365. The second-order valence-corrected chi connectivity index (χ2v) is 5.02. The van der Waals surface area contributed by atoms with Crippen molar-refractivity contribution in [2.24, 2.45) is 5.92 Å². The minimum Gasteiger partial charge on any atom is -0.496 e. The van der Waals surface area contributed by atoms with E-state index in [4.69, 9.17) is 4.74 Å². The molecule has 1 aliphatic heterocycles. The van der Waals surface area contributed by atoms with Crippen molar-refractivity contribution >= 4 is 5.91 Å². The Bertz CT molecular complexity index is 428. The van der Waals surface area contributed by atoms with Crippen LogP contribution in [0.5, 0.6) is 5.75 Å². The Morgan fingerprint density at radius 3 is 2.95 bits per heavy atom. The van der Waals surface area contributed by atoms with Gasteiger partial charge in [-0.1, -0.05) is 18.2 Å². The number of para-hydroxylation sites is 1. The predicted molar refractivity (Wildman–Crippen MR) is 75.1 cm³/mol. The molecule has 0 saturated carbocycles. The maximum absolute atomic E-state index is 12.2. The van der Waals surface area contributed by atoms with Crippen LogP contribution in [0.15, 0.2) is 24.3 Å². The summed E-state index contributed by atoms with van der Waals surface area (Å²) in [6.07, 6.45) is 2.04. The summed E-state index contributed by atoms with van der Waals surface area (Å²) in [5.41, 5.74) is 1.02. The lowest BCUT2D eigenvalue weighted by Crippen LogP contribution is -2.41. The summed E-state index contributed by atoms with van der Waals surface area (Å²) in [7, 11) is 1.65. The first kappa shape index (κ1) is 13.9. The van der Waals surface area contributed by atoms with Crippen LogP contribution >= 0.6 is 0 Å². The molecule has 0 aromatic heterocycles. The molecule has 0 aliphatic carbocycles. The summed E-state index contributed by atoms with van der Waals surface area (Å²) in [5, 5.41) is 6.35. The molecule has 2 atom stereocenters. The normalized spacial score (nSPS) is 20.6. The third-order valence-electron chi connectivity index (χ3n) is 3.63. The number of benzene rings is 1. The molecule has 2 N–H and O–H groups in total. The Labute approximate surface area is 114 Å². The molecule has 4 nitrogen and oxygen atoms in total. The van der Waals surface area contributed by atoms with Gasteiger partial charge >= 0.3 is 0 Å². The molecule has 104 valence electrons. The van der Waals surface area contributed by atoms with Gasteiger partial charge in [-0.05, 0) is 32.4 Å². The molecular formula is C15H22N2O2. The van der Waals surface area contributed by atoms with Gasteiger partial charge in [0.15, 0.2) is 0 Å². The first-order chi connectivity index (χ1) is 9.22. The number of rotatable bonds is 4. The second-order valence-electron chi connectivity index (χ2n) is 5.02. The van der Waals surface area contributed by atoms with E-state index in [2.05, 4.69) is 10.6 Å². The quantitative estimate of drug-likeness (QED) is 0.871. The molecule has 1 fully saturated rings. The maximum Gasteiger partial charge on any atom is 0.224 e. The zero-order chi connectivity index (χ0) is 13.7. The summed E-state index contributed by atoms with van der Waals surface area (Å²) < 4.78 is 5.33. The molecule has 1 aromatic rings. The van der Waals surface area contributed by atoms with E-state index in [-0.39, 0.29) is 17.9 Å². The average Bonchev–Trinajstić information content (AvgIpc) is 2.48. The van der Waals surface area contributed by atoms with Crippen LogP contribution in [0.1, 0.15) is 31.4 Å². The summed E-state index contributed by atoms with van der Waals surface area (Å²) >= 11 is 0. The lowest BCUT2D eigenvalue weighted by atomic mass is 9.98. The van der Waals surface area contributed by atoms with Gasteiger partial charge in [0.1, 0.15) is 5.75 Å². The van der Waals surface area contributed by atoms with Gasteiger partial charge < -0.3 is 15.4 Å². The van der Waals surface area contributed by atoms with E-state index in [9.17, 15) is 4.79 Å². The highest BCUT2D eigenvalue weighted by molar-refractivity contribution is 5.79. The smallest absolute Gasteiger partial charge is 0.224 e. The van der Waals surface area contributed by atoms with Crippen LogP contribution in [0.2, 0.25) is 0 Å². The standard InChI is InChI=1S/C15H22N2O2/c1-11(13-7-3-4-8-14(13)19-2)17-15(18)12-6-5-9-16-10-12/h3-4,7-8,11-12,16H,5-6,9-10H2,1-2H3,(H,17,18). The minimum atomic E-state index is -0.0365. The predicted octanol–water partition coefficient (Wildman–Crippen LogP) is 1.87. The number of piperidine rings is 1. The number of amides is 1. The van der Waals surface area contributed by atoms with Gasteiger partial charge in [-0.3, -0.25) is 4.79 Å². The van der Waals surface area contributed by atoms with Crippen LogP contribution in [0.3, 0.4) is 0 Å². The van der Waals surface area contributed by atoms with Gasteiger partial charge in [-0.25, -0.2) is 0 Å². The van der Waals surface area contributed by atoms with Crippen LogP contribution in [-0.4, -0.2) is 26.1 Å². The Kier molecular flexibility index (Phi) is 4.80. The highest BCUT2D eigenvalue weighted by atomic mass is 16.5. The number of nitrogens with one attached hydrogen (secondary N) is 2. The summed E-state index contributed by atoms with van der Waals surface area (Å²) in [5.74, 6) is 1.04. The van der Waals surface area contributed by atoms with Crippen LogP contribution in [-0.2, 0) is 4.79 Å². The van der Waals surface area contributed by atoms with E-state index in [1.165, 1.54) is 0 Å². The summed E-state index contributed by atoms with van der Waals surface area (Å²) in [4.78, 5) is 12.2. The third kappa shape index (κ3) is 3.47. The Balaban J connectivity index is 1.99. The summed E-state index contributed by atoms with van der Waals surface area (Å²) in [6.45, 7) is 3.79. The van der Waals surface area contributed by atoms with Crippen molar-refractivity contribution in [1.82, 2.24) is 10.6 Å². The third-order valence-corrected chi connectivity index (χ3v) is 3.63. The van der Waals surface area contributed by atoms with Crippen molar-refractivity contribution in [2.75, 3.05) is 20.2 Å². The van der Waals surface area contributed by atoms with Gasteiger partial charge in [-0.2, -0.15) is 0 Å². The molecule has 0 spiro atoms. The summed E-state index contributed by atoms with van der Waals surface area (Å²) in [6, 6.07) is 7.76. The lowest BCUT2D eigenvalue weighted by Gasteiger charge is -2.24. The fraction of sp³-hybridized carbons (Fsp3) is 0.533. The van der Waals surface area contributed by atoms with Gasteiger partial charge in [-0.15, -0.1) is 0 Å². The highest BCUT2D eigenvalue weighted by Gasteiger charge is 2.23. The maximum atomic E-state index is 12.2. The highest BCUT2D eigenvalue weighted by Crippen LogP contribution is 2.24. The number of ether oxygens (including phenoxy) is 1. The number of hydrogen-bond donors (Lipinski definition) is 2. The van der Waals surface area contributed by atoms with Crippen molar-refractivity contribution in [1.29, 1.82) is 0 Å².